The first kappa shape index (κ1) is 19.8. The van der Waals surface area contributed by atoms with Crippen LogP contribution in [0.15, 0.2) is 49.1 Å². The highest BCUT2D eigenvalue weighted by atomic mass is 19.1. The van der Waals surface area contributed by atoms with Gasteiger partial charge in [-0.05, 0) is 43.2 Å². The van der Waals surface area contributed by atoms with Crippen molar-refractivity contribution in [3.05, 3.63) is 49.1 Å². The van der Waals surface area contributed by atoms with E-state index in [2.05, 4.69) is 25.6 Å². The minimum absolute atomic E-state index is 0.103. The number of halogens is 1. The summed E-state index contributed by atoms with van der Waals surface area (Å²) in [4.78, 5) is 27.9. The maximum absolute atomic E-state index is 13.0. The molecule has 2 saturated heterocycles. The van der Waals surface area contributed by atoms with E-state index in [-0.39, 0.29) is 30.8 Å². The van der Waals surface area contributed by atoms with Crippen LogP contribution in [0.5, 0.6) is 0 Å². The highest BCUT2D eigenvalue weighted by Gasteiger charge is 2.43. The van der Waals surface area contributed by atoms with Gasteiger partial charge in [0.1, 0.15) is 12.5 Å². The van der Waals surface area contributed by atoms with Gasteiger partial charge in [0.25, 0.3) is 0 Å². The van der Waals surface area contributed by atoms with Crippen molar-refractivity contribution >= 4 is 22.6 Å². The number of hydrogen-bond acceptors (Lipinski definition) is 5. The Balaban J connectivity index is 1.32. The van der Waals surface area contributed by atoms with Gasteiger partial charge in [0.05, 0.1) is 11.9 Å². The molecule has 2 N–H and O–H groups in total. The molecule has 2 bridgehead atoms. The first-order valence-corrected chi connectivity index (χ1v) is 10.8. The number of carbonyl (C=O) groups is 1. The number of amides is 2. The molecule has 7 nitrogen and oxygen atoms in total. The molecule has 3 atom stereocenters. The van der Waals surface area contributed by atoms with E-state index in [0.717, 1.165) is 47.7 Å². The summed E-state index contributed by atoms with van der Waals surface area (Å²) in [7, 11) is 0. The van der Waals surface area contributed by atoms with Crippen LogP contribution in [0, 0.1) is 0 Å². The molecular formula is C23H25FN6O. The molecule has 2 unspecified atom stereocenters. The van der Waals surface area contributed by atoms with Crippen LogP contribution in [0.1, 0.15) is 25.7 Å². The fourth-order valence-electron chi connectivity index (χ4n) is 4.92. The van der Waals surface area contributed by atoms with E-state index in [1.54, 1.807) is 24.8 Å². The van der Waals surface area contributed by atoms with Crippen molar-refractivity contribution in [2.45, 2.75) is 43.8 Å². The molecule has 0 saturated carbocycles. The Labute approximate surface area is 180 Å². The largest absolute Gasteiger partial charge is 0.323 e. The summed E-state index contributed by atoms with van der Waals surface area (Å²) >= 11 is 0. The average Bonchev–Trinajstić information content (AvgIpc) is 3.08. The van der Waals surface area contributed by atoms with Gasteiger partial charge in [-0.3, -0.25) is 15.3 Å². The van der Waals surface area contributed by atoms with E-state index >= 15 is 0 Å². The average molecular weight is 420 g/mol. The number of nitrogens with zero attached hydrogens (tertiary/aromatic N) is 4. The summed E-state index contributed by atoms with van der Waals surface area (Å²) in [5.41, 5.74) is 1.76. The lowest BCUT2D eigenvalue weighted by atomic mass is 9.97. The highest BCUT2D eigenvalue weighted by molar-refractivity contribution is 5.93. The third kappa shape index (κ3) is 4.07. The topological polar surface area (TPSA) is 83.0 Å². The number of carbonyl (C=O) groups excluding carboxylic acids is 1. The number of benzene rings is 1. The SMILES string of the molecule is O=C(Nc1cc2cc(-c3cnccn3)ccc2cn1)N1C2CC[C@H]1CC(NCCF)C2. The molecule has 0 spiro atoms. The Kier molecular flexibility index (Phi) is 5.46. The second-order valence-electron chi connectivity index (χ2n) is 8.26. The number of aromatic nitrogens is 3. The predicted molar refractivity (Wildman–Crippen MR) is 117 cm³/mol. The third-order valence-corrected chi connectivity index (χ3v) is 6.31. The van der Waals surface area contributed by atoms with E-state index in [4.69, 9.17) is 0 Å². The molecule has 2 aromatic heterocycles. The number of piperidine rings is 1. The van der Waals surface area contributed by atoms with Crippen molar-refractivity contribution in [1.29, 1.82) is 0 Å². The van der Waals surface area contributed by atoms with Gasteiger partial charge in [-0.2, -0.15) is 0 Å². The number of urea groups is 1. The van der Waals surface area contributed by atoms with Crippen molar-refractivity contribution in [2.75, 3.05) is 18.5 Å². The monoisotopic (exact) mass is 420 g/mol. The van der Waals surface area contributed by atoms with E-state index in [0.29, 0.717) is 12.4 Å². The Morgan fingerprint density at radius 1 is 1.06 bits per heavy atom. The number of anilines is 1. The van der Waals surface area contributed by atoms with E-state index in [1.807, 2.05) is 29.2 Å². The molecule has 2 amide bonds. The molecule has 160 valence electrons. The van der Waals surface area contributed by atoms with Gasteiger partial charge >= 0.3 is 6.03 Å². The quantitative estimate of drug-likeness (QED) is 0.656. The van der Waals surface area contributed by atoms with Crippen LogP contribution in [0.4, 0.5) is 15.0 Å². The van der Waals surface area contributed by atoms with Crippen LogP contribution < -0.4 is 10.6 Å². The van der Waals surface area contributed by atoms with Crippen LogP contribution >= 0.6 is 0 Å². The maximum atomic E-state index is 13.0. The maximum Gasteiger partial charge on any atom is 0.323 e. The molecule has 8 heteroatoms. The number of nitrogens with one attached hydrogen (secondary N) is 2. The van der Waals surface area contributed by atoms with Crippen LogP contribution in [-0.2, 0) is 0 Å². The molecule has 31 heavy (non-hydrogen) atoms. The Morgan fingerprint density at radius 3 is 2.65 bits per heavy atom. The molecule has 1 aromatic carbocycles. The number of fused-ring (bicyclic) bond motifs is 3. The zero-order chi connectivity index (χ0) is 21.2. The molecule has 2 aliphatic rings. The van der Waals surface area contributed by atoms with E-state index in [9.17, 15) is 9.18 Å². The van der Waals surface area contributed by atoms with Gasteiger partial charge in [0.2, 0.25) is 0 Å². The van der Waals surface area contributed by atoms with Gasteiger partial charge in [-0.1, -0.05) is 12.1 Å². The van der Waals surface area contributed by atoms with Crippen molar-refractivity contribution in [1.82, 2.24) is 25.2 Å². The predicted octanol–water partition coefficient (Wildman–Crippen LogP) is 3.78. The molecule has 0 aliphatic carbocycles. The van der Waals surface area contributed by atoms with Gasteiger partial charge in [0.15, 0.2) is 0 Å². The molecule has 2 aliphatic heterocycles. The number of hydrogen-bond donors (Lipinski definition) is 2. The Bertz CT molecular complexity index is 1060. The zero-order valence-corrected chi connectivity index (χ0v) is 17.2. The van der Waals surface area contributed by atoms with Gasteiger partial charge in [-0.25, -0.2) is 14.2 Å². The Morgan fingerprint density at radius 2 is 1.90 bits per heavy atom. The molecular weight excluding hydrogens is 395 g/mol. The fraction of sp³-hybridized carbons (Fsp3) is 0.391. The molecule has 0 radical (unpaired) electrons. The lowest BCUT2D eigenvalue weighted by Gasteiger charge is -2.39. The van der Waals surface area contributed by atoms with Crippen molar-refractivity contribution < 1.29 is 9.18 Å². The summed E-state index contributed by atoms with van der Waals surface area (Å²) in [6, 6.07) is 8.48. The van der Waals surface area contributed by atoms with Crippen LogP contribution in [0.3, 0.4) is 0 Å². The first-order valence-electron chi connectivity index (χ1n) is 10.8. The molecule has 2 fully saturated rings. The van der Waals surface area contributed by atoms with Crippen LogP contribution in [-0.4, -0.2) is 57.2 Å². The second kappa shape index (κ2) is 8.55. The summed E-state index contributed by atoms with van der Waals surface area (Å²) in [6.07, 6.45) is 10.6. The first-order chi connectivity index (χ1) is 15.2. The minimum atomic E-state index is -0.359. The fourth-order valence-corrected chi connectivity index (χ4v) is 4.92. The summed E-state index contributed by atoms with van der Waals surface area (Å²) in [6.45, 7) is 0.0239. The standard InChI is InChI=1S/C23H25FN6O/c24-5-6-26-18-11-19-3-4-20(12-18)30(19)23(31)29-22-10-17-9-15(1-2-16(17)13-28-22)21-14-25-7-8-27-21/h1-2,7-10,13-14,18-20,26H,3-6,11-12H2,(H,28,29,31)/t18?,19-,20?/m0/s1. The molecule has 5 rings (SSSR count). The minimum Gasteiger partial charge on any atom is -0.318 e. The number of pyridine rings is 1. The summed E-state index contributed by atoms with van der Waals surface area (Å²) < 4.78 is 12.5. The number of alkyl halides is 1. The summed E-state index contributed by atoms with van der Waals surface area (Å²) in [5, 5.41) is 8.22. The second-order valence-corrected chi connectivity index (χ2v) is 8.26. The zero-order valence-electron chi connectivity index (χ0n) is 17.2. The normalized spacial score (nSPS) is 22.6. The van der Waals surface area contributed by atoms with Crippen molar-refractivity contribution in [3.63, 3.8) is 0 Å². The molecule has 3 aromatic rings. The smallest absolute Gasteiger partial charge is 0.318 e. The van der Waals surface area contributed by atoms with Gasteiger partial charge in [0, 0.05) is 54.2 Å². The molecule has 4 heterocycles. The third-order valence-electron chi connectivity index (χ3n) is 6.31. The van der Waals surface area contributed by atoms with Crippen LogP contribution in [0.2, 0.25) is 0 Å². The van der Waals surface area contributed by atoms with E-state index < -0.39 is 0 Å². The Hall–Kier alpha value is -3.13. The van der Waals surface area contributed by atoms with Crippen molar-refractivity contribution in [3.8, 4) is 11.3 Å². The lowest BCUT2D eigenvalue weighted by molar-refractivity contribution is 0.141. The van der Waals surface area contributed by atoms with Gasteiger partial charge < -0.3 is 10.2 Å². The van der Waals surface area contributed by atoms with Crippen molar-refractivity contribution in [2.24, 2.45) is 0 Å². The van der Waals surface area contributed by atoms with Crippen LogP contribution in [0.25, 0.3) is 22.0 Å². The number of rotatable bonds is 5. The lowest BCUT2D eigenvalue weighted by Crippen LogP contribution is -2.53. The summed E-state index contributed by atoms with van der Waals surface area (Å²) in [5.74, 6) is 0.533. The highest BCUT2D eigenvalue weighted by Crippen LogP contribution is 2.36. The van der Waals surface area contributed by atoms with E-state index in [1.165, 1.54) is 0 Å². The van der Waals surface area contributed by atoms with Gasteiger partial charge in [-0.15, -0.1) is 0 Å².